The van der Waals surface area contributed by atoms with Crippen molar-refractivity contribution >= 4 is 11.6 Å². The summed E-state index contributed by atoms with van der Waals surface area (Å²) in [6.45, 7) is 3.95. The van der Waals surface area contributed by atoms with E-state index in [-0.39, 0.29) is 5.91 Å². The lowest BCUT2D eigenvalue weighted by Gasteiger charge is -2.14. The van der Waals surface area contributed by atoms with Crippen LogP contribution < -0.4 is 20.3 Å². The van der Waals surface area contributed by atoms with Crippen LogP contribution in [0, 0.1) is 0 Å². The summed E-state index contributed by atoms with van der Waals surface area (Å²) in [4.78, 5) is 12.4. The molecule has 0 bridgehead atoms. The molecule has 25 heavy (non-hydrogen) atoms. The maximum absolute atomic E-state index is 12.4. The number of nitrogens with zero attached hydrogens (tertiary/aromatic N) is 1. The predicted octanol–water partition coefficient (Wildman–Crippen LogP) is 2.21. The molecule has 0 fully saturated rings. The Morgan fingerprint density at radius 2 is 1.92 bits per heavy atom. The molecule has 1 heterocycles. The summed E-state index contributed by atoms with van der Waals surface area (Å²) in [6.07, 6.45) is 4.04. The van der Waals surface area contributed by atoms with Gasteiger partial charge in [0.05, 0.1) is 19.9 Å². The maximum Gasteiger partial charge on any atom is 0.290 e. The molecule has 1 amide bonds. The van der Waals surface area contributed by atoms with Crippen LogP contribution in [0.1, 0.15) is 40.2 Å². The number of ether oxygens (including phenoxy) is 2. The Labute approximate surface area is 146 Å². The Hall–Kier alpha value is -2.96. The number of aryl methyl sites for hydroxylation is 1. The SMILES string of the molecule is C=C(NNC(=O)c1n[nH]c2c1CCCC2)c1ccc(OC)c(OC)c1. The molecule has 0 radical (unpaired) electrons. The van der Waals surface area contributed by atoms with Crippen LogP contribution in [0.3, 0.4) is 0 Å². The van der Waals surface area contributed by atoms with Crippen molar-refractivity contribution in [3.05, 3.63) is 47.3 Å². The zero-order chi connectivity index (χ0) is 17.8. The Morgan fingerprint density at radius 3 is 2.68 bits per heavy atom. The third-order valence-corrected chi connectivity index (χ3v) is 4.33. The van der Waals surface area contributed by atoms with Gasteiger partial charge in [0.15, 0.2) is 17.2 Å². The minimum Gasteiger partial charge on any atom is -0.493 e. The minimum atomic E-state index is -0.277. The Balaban J connectivity index is 1.66. The summed E-state index contributed by atoms with van der Waals surface area (Å²) >= 11 is 0. The van der Waals surface area contributed by atoms with Crippen LogP contribution in [0.25, 0.3) is 5.70 Å². The second-order valence-corrected chi connectivity index (χ2v) is 5.86. The molecule has 0 spiro atoms. The molecule has 1 aromatic heterocycles. The van der Waals surface area contributed by atoms with Crippen LogP contribution in [0.4, 0.5) is 0 Å². The van der Waals surface area contributed by atoms with Crippen molar-refractivity contribution in [2.75, 3.05) is 14.2 Å². The van der Waals surface area contributed by atoms with Crippen LogP contribution >= 0.6 is 0 Å². The molecule has 0 saturated carbocycles. The predicted molar refractivity (Wildman–Crippen MR) is 94.4 cm³/mol. The highest BCUT2D eigenvalue weighted by atomic mass is 16.5. The van der Waals surface area contributed by atoms with Gasteiger partial charge in [-0.15, -0.1) is 0 Å². The third-order valence-electron chi connectivity index (χ3n) is 4.33. The van der Waals surface area contributed by atoms with Gasteiger partial charge in [-0.1, -0.05) is 6.58 Å². The first-order valence-corrected chi connectivity index (χ1v) is 8.17. The van der Waals surface area contributed by atoms with Gasteiger partial charge in [-0.3, -0.25) is 20.7 Å². The molecule has 132 valence electrons. The Kier molecular flexibility index (Phi) is 4.92. The van der Waals surface area contributed by atoms with E-state index < -0.39 is 0 Å². The fraction of sp³-hybridized carbons (Fsp3) is 0.333. The van der Waals surface area contributed by atoms with Crippen LogP contribution in [0.2, 0.25) is 0 Å². The topological polar surface area (TPSA) is 88.3 Å². The zero-order valence-corrected chi connectivity index (χ0v) is 14.4. The second kappa shape index (κ2) is 7.29. The molecule has 0 unspecified atom stereocenters. The summed E-state index contributed by atoms with van der Waals surface area (Å²) in [6, 6.07) is 5.41. The van der Waals surface area contributed by atoms with Crippen LogP contribution in [-0.2, 0) is 12.8 Å². The number of benzene rings is 1. The molecule has 7 heteroatoms. The number of nitrogens with one attached hydrogen (secondary N) is 3. The molecule has 3 rings (SSSR count). The number of methoxy groups -OCH3 is 2. The fourth-order valence-electron chi connectivity index (χ4n) is 2.96. The normalized spacial score (nSPS) is 12.9. The van der Waals surface area contributed by atoms with Crippen molar-refractivity contribution in [3.63, 3.8) is 0 Å². The van der Waals surface area contributed by atoms with Crippen LogP contribution in [0.15, 0.2) is 24.8 Å². The number of amides is 1. The van der Waals surface area contributed by atoms with Gasteiger partial charge >= 0.3 is 0 Å². The number of aromatic amines is 1. The summed E-state index contributed by atoms with van der Waals surface area (Å²) in [5, 5.41) is 7.12. The van der Waals surface area contributed by atoms with Crippen molar-refractivity contribution in [2.45, 2.75) is 25.7 Å². The molecule has 1 aliphatic carbocycles. The second-order valence-electron chi connectivity index (χ2n) is 5.86. The highest BCUT2D eigenvalue weighted by Crippen LogP contribution is 2.29. The maximum atomic E-state index is 12.4. The van der Waals surface area contributed by atoms with Crippen LogP contribution in [0.5, 0.6) is 11.5 Å². The molecule has 3 N–H and O–H groups in total. The van der Waals surface area contributed by atoms with E-state index in [1.54, 1.807) is 26.4 Å². The molecular weight excluding hydrogens is 320 g/mol. The van der Waals surface area contributed by atoms with Gasteiger partial charge in [-0.25, -0.2) is 0 Å². The van der Waals surface area contributed by atoms with Gasteiger partial charge in [0, 0.05) is 16.8 Å². The van der Waals surface area contributed by atoms with E-state index in [0.29, 0.717) is 22.9 Å². The van der Waals surface area contributed by atoms with Gasteiger partial charge in [-0.05, 0) is 43.9 Å². The molecule has 0 aliphatic heterocycles. The number of fused-ring (bicyclic) bond motifs is 1. The fourth-order valence-corrected chi connectivity index (χ4v) is 2.96. The van der Waals surface area contributed by atoms with Gasteiger partial charge in [0.25, 0.3) is 5.91 Å². The average molecular weight is 342 g/mol. The molecule has 0 atom stereocenters. The Bertz CT molecular complexity index is 798. The molecule has 1 aromatic carbocycles. The highest BCUT2D eigenvalue weighted by molar-refractivity contribution is 5.94. The van der Waals surface area contributed by atoms with E-state index >= 15 is 0 Å². The summed E-state index contributed by atoms with van der Waals surface area (Å²) in [7, 11) is 3.15. The van der Waals surface area contributed by atoms with Crippen molar-refractivity contribution in [1.29, 1.82) is 0 Å². The van der Waals surface area contributed by atoms with E-state index in [9.17, 15) is 4.79 Å². The molecule has 1 aliphatic rings. The number of rotatable bonds is 6. The van der Waals surface area contributed by atoms with E-state index in [2.05, 4.69) is 27.6 Å². The average Bonchev–Trinajstić information content (AvgIpc) is 3.09. The quantitative estimate of drug-likeness (QED) is 0.701. The van der Waals surface area contributed by atoms with E-state index in [1.807, 2.05) is 6.07 Å². The number of H-pyrrole nitrogens is 1. The largest absolute Gasteiger partial charge is 0.493 e. The number of hydrogen-bond donors (Lipinski definition) is 3. The lowest BCUT2D eigenvalue weighted by atomic mass is 9.96. The monoisotopic (exact) mass is 342 g/mol. The van der Waals surface area contributed by atoms with Gasteiger partial charge in [0.1, 0.15) is 0 Å². The van der Waals surface area contributed by atoms with Crippen molar-refractivity contribution in [2.24, 2.45) is 0 Å². The molecule has 7 nitrogen and oxygen atoms in total. The van der Waals surface area contributed by atoms with E-state index in [4.69, 9.17) is 9.47 Å². The number of hydrazine groups is 1. The first-order valence-electron chi connectivity index (χ1n) is 8.17. The van der Waals surface area contributed by atoms with E-state index in [1.165, 1.54) is 0 Å². The number of hydrogen-bond acceptors (Lipinski definition) is 5. The minimum absolute atomic E-state index is 0.277. The molecular formula is C18H22N4O3. The lowest BCUT2D eigenvalue weighted by Crippen LogP contribution is -2.36. The van der Waals surface area contributed by atoms with Gasteiger partial charge < -0.3 is 9.47 Å². The standard InChI is InChI=1S/C18H22N4O3/c1-11(12-8-9-15(24-2)16(10-12)25-3)19-22-18(23)17-13-6-4-5-7-14(13)20-21-17/h8-10,19H,1,4-7H2,2-3H3,(H,20,21)(H,22,23). The van der Waals surface area contributed by atoms with Crippen molar-refractivity contribution in [1.82, 2.24) is 21.0 Å². The van der Waals surface area contributed by atoms with Crippen LogP contribution in [-0.4, -0.2) is 30.3 Å². The number of carbonyl (C=O) groups is 1. The summed E-state index contributed by atoms with van der Waals surface area (Å²) in [5.74, 6) is 0.947. The van der Waals surface area contributed by atoms with Crippen molar-refractivity contribution in [3.8, 4) is 11.5 Å². The number of aromatic nitrogens is 2. The zero-order valence-electron chi connectivity index (χ0n) is 14.4. The molecule has 0 saturated heterocycles. The summed E-state index contributed by atoms with van der Waals surface area (Å²) in [5.41, 5.74) is 9.34. The number of carbonyl (C=O) groups excluding carboxylic acids is 1. The summed E-state index contributed by atoms with van der Waals surface area (Å²) < 4.78 is 10.5. The Morgan fingerprint density at radius 1 is 1.16 bits per heavy atom. The van der Waals surface area contributed by atoms with Gasteiger partial charge in [0.2, 0.25) is 0 Å². The lowest BCUT2D eigenvalue weighted by molar-refractivity contribution is 0.0936. The highest BCUT2D eigenvalue weighted by Gasteiger charge is 2.21. The van der Waals surface area contributed by atoms with Crippen molar-refractivity contribution < 1.29 is 14.3 Å². The smallest absolute Gasteiger partial charge is 0.290 e. The first kappa shape index (κ1) is 16.9. The van der Waals surface area contributed by atoms with E-state index in [0.717, 1.165) is 42.5 Å². The molecule has 2 aromatic rings. The third kappa shape index (κ3) is 3.45. The van der Waals surface area contributed by atoms with Gasteiger partial charge in [-0.2, -0.15) is 5.10 Å². The first-order chi connectivity index (χ1) is 12.1.